The number of hydrogen-bond donors (Lipinski definition) is 0. The van der Waals surface area contributed by atoms with Crippen LogP contribution in [0.1, 0.15) is 34.0 Å². The third kappa shape index (κ3) is 5.26. The molecule has 4 aromatic carbocycles. The molecule has 0 aliphatic carbocycles. The van der Waals surface area contributed by atoms with Gasteiger partial charge in [0.2, 0.25) is 0 Å². The van der Waals surface area contributed by atoms with Crippen molar-refractivity contribution in [1.82, 2.24) is 0 Å². The molecule has 1 unspecified atom stereocenters. The Morgan fingerprint density at radius 2 is 1.18 bits per heavy atom. The molecule has 1 aliphatic heterocycles. The first-order valence-corrected chi connectivity index (χ1v) is 12.4. The molecule has 0 saturated heterocycles. The van der Waals surface area contributed by atoms with Gasteiger partial charge in [-0.1, -0.05) is 121 Å². The summed E-state index contributed by atoms with van der Waals surface area (Å²) in [7, 11) is 0. The first-order chi connectivity index (χ1) is 18.6. The molecule has 0 amide bonds. The Morgan fingerprint density at radius 3 is 1.68 bits per heavy atom. The van der Waals surface area contributed by atoms with E-state index < -0.39 is 23.8 Å². The van der Waals surface area contributed by atoms with Gasteiger partial charge in [0.05, 0.1) is 0 Å². The molecule has 190 valence electrons. The van der Waals surface area contributed by atoms with Crippen LogP contribution >= 0.6 is 0 Å². The summed E-state index contributed by atoms with van der Waals surface area (Å²) in [6.07, 6.45) is -0.903. The second-order valence-electron chi connectivity index (χ2n) is 9.03. The van der Waals surface area contributed by atoms with Crippen LogP contribution in [0.25, 0.3) is 0 Å². The van der Waals surface area contributed by atoms with Crippen LogP contribution in [-0.4, -0.2) is 23.3 Å². The predicted molar refractivity (Wildman–Crippen MR) is 143 cm³/mol. The summed E-state index contributed by atoms with van der Waals surface area (Å²) in [5.74, 6) is -1.76. The normalized spacial score (nSPS) is 15.9. The smallest absolute Gasteiger partial charge is 0.357 e. The van der Waals surface area contributed by atoms with Crippen LogP contribution in [0.3, 0.4) is 0 Å². The molecule has 6 heteroatoms. The van der Waals surface area contributed by atoms with Crippen molar-refractivity contribution in [2.75, 3.05) is 0 Å². The number of carbonyl (C=O) groups is 2. The van der Waals surface area contributed by atoms with E-state index in [0.29, 0.717) is 11.1 Å². The molecule has 38 heavy (non-hydrogen) atoms. The lowest BCUT2D eigenvalue weighted by molar-refractivity contribution is -0.185. The van der Waals surface area contributed by atoms with Gasteiger partial charge >= 0.3 is 17.5 Å². The van der Waals surface area contributed by atoms with Gasteiger partial charge in [-0.2, -0.15) is 0 Å². The number of benzene rings is 4. The predicted octanol–water partition coefficient (Wildman–Crippen LogP) is 5.74. The SMILES string of the molecule is Cc1ccc(C2N=C(c3ccccc3)C(C(=O)OCc3ccccc3)(C(=O)OCc3ccccc3)O2)cc1. The van der Waals surface area contributed by atoms with Crippen LogP contribution in [-0.2, 0) is 37.0 Å². The largest absolute Gasteiger partial charge is 0.458 e. The molecule has 0 N–H and O–H groups in total. The first-order valence-electron chi connectivity index (χ1n) is 12.4. The molecular formula is C32H27NO5. The summed E-state index contributed by atoms with van der Waals surface area (Å²) in [4.78, 5) is 32.5. The van der Waals surface area contributed by atoms with E-state index in [4.69, 9.17) is 19.2 Å². The Bertz CT molecular complexity index is 1360. The maximum absolute atomic E-state index is 13.9. The highest BCUT2D eigenvalue weighted by atomic mass is 16.6. The van der Waals surface area contributed by atoms with Gasteiger partial charge in [0.25, 0.3) is 0 Å². The number of hydrogen-bond acceptors (Lipinski definition) is 6. The van der Waals surface area contributed by atoms with E-state index in [9.17, 15) is 9.59 Å². The molecule has 1 aliphatic rings. The van der Waals surface area contributed by atoms with Gasteiger partial charge in [0.15, 0.2) is 6.23 Å². The third-order valence-corrected chi connectivity index (χ3v) is 6.28. The summed E-state index contributed by atoms with van der Waals surface area (Å²) < 4.78 is 17.7. The summed E-state index contributed by atoms with van der Waals surface area (Å²) in [5, 5.41) is 0. The lowest BCUT2D eigenvalue weighted by Gasteiger charge is -2.27. The maximum atomic E-state index is 13.9. The van der Waals surface area contributed by atoms with Crippen LogP contribution in [0.4, 0.5) is 0 Å². The molecule has 5 rings (SSSR count). The number of aliphatic imine (C=N–C) groups is 1. The fourth-order valence-corrected chi connectivity index (χ4v) is 4.23. The molecule has 1 heterocycles. The Balaban J connectivity index is 1.54. The topological polar surface area (TPSA) is 74.2 Å². The quantitative estimate of drug-likeness (QED) is 0.226. The Labute approximate surface area is 221 Å². The summed E-state index contributed by atoms with van der Waals surface area (Å²) in [6, 6.07) is 35.1. The van der Waals surface area contributed by atoms with Gasteiger partial charge in [-0.3, -0.25) is 0 Å². The summed E-state index contributed by atoms with van der Waals surface area (Å²) in [6.45, 7) is 1.91. The minimum Gasteiger partial charge on any atom is -0.458 e. The van der Waals surface area contributed by atoms with Crippen LogP contribution in [0.15, 0.2) is 120 Å². The zero-order chi connectivity index (χ0) is 26.4. The van der Waals surface area contributed by atoms with Crippen molar-refractivity contribution in [3.63, 3.8) is 0 Å². The van der Waals surface area contributed by atoms with Gasteiger partial charge in [-0.05, 0) is 23.6 Å². The zero-order valence-corrected chi connectivity index (χ0v) is 20.9. The fraction of sp³-hybridized carbons (Fsp3) is 0.156. The van der Waals surface area contributed by atoms with E-state index >= 15 is 0 Å². The van der Waals surface area contributed by atoms with Gasteiger partial charge in [-0.25, -0.2) is 14.6 Å². The number of aryl methyl sites for hydroxylation is 1. The molecule has 6 nitrogen and oxygen atoms in total. The fourth-order valence-electron chi connectivity index (χ4n) is 4.23. The zero-order valence-electron chi connectivity index (χ0n) is 20.9. The monoisotopic (exact) mass is 505 g/mol. The number of esters is 2. The number of nitrogens with zero attached hydrogens (tertiary/aromatic N) is 1. The van der Waals surface area contributed by atoms with Crippen molar-refractivity contribution < 1.29 is 23.8 Å². The minimum atomic E-state index is -2.21. The number of ether oxygens (including phenoxy) is 3. The Kier molecular flexibility index (Phi) is 7.43. The van der Waals surface area contributed by atoms with E-state index in [-0.39, 0.29) is 18.9 Å². The van der Waals surface area contributed by atoms with Gasteiger partial charge in [0, 0.05) is 5.56 Å². The van der Waals surface area contributed by atoms with Crippen molar-refractivity contribution >= 4 is 17.7 Å². The maximum Gasteiger partial charge on any atom is 0.357 e. The Hall–Kier alpha value is -4.55. The second-order valence-corrected chi connectivity index (χ2v) is 9.03. The highest BCUT2D eigenvalue weighted by Gasteiger charge is 2.60. The summed E-state index contributed by atoms with van der Waals surface area (Å²) in [5.41, 5.74) is 1.84. The van der Waals surface area contributed by atoms with E-state index in [2.05, 4.69) is 0 Å². The third-order valence-electron chi connectivity index (χ3n) is 6.28. The molecule has 0 spiro atoms. The van der Waals surface area contributed by atoms with Crippen molar-refractivity contribution in [1.29, 1.82) is 0 Å². The van der Waals surface area contributed by atoms with Crippen LogP contribution in [0, 0.1) is 6.92 Å². The highest BCUT2D eigenvalue weighted by molar-refractivity contribution is 6.31. The first kappa shape index (κ1) is 25.1. The molecule has 0 radical (unpaired) electrons. The van der Waals surface area contributed by atoms with Crippen LogP contribution in [0.2, 0.25) is 0 Å². The molecule has 4 aromatic rings. The molecule has 1 atom stereocenters. The molecule has 0 bridgehead atoms. The minimum absolute atomic E-state index is 0.0337. The lowest BCUT2D eigenvalue weighted by Crippen LogP contribution is -2.55. The molecule has 0 fully saturated rings. The van der Waals surface area contributed by atoms with Crippen molar-refractivity contribution in [3.8, 4) is 0 Å². The molecular weight excluding hydrogens is 478 g/mol. The van der Waals surface area contributed by atoms with Crippen LogP contribution < -0.4 is 0 Å². The molecule has 0 saturated carbocycles. The average Bonchev–Trinajstić information content (AvgIpc) is 3.38. The lowest BCUT2D eigenvalue weighted by atomic mass is 9.92. The second kappa shape index (κ2) is 11.2. The van der Waals surface area contributed by atoms with E-state index in [1.807, 2.05) is 110 Å². The van der Waals surface area contributed by atoms with E-state index in [0.717, 1.165) is 16.7 Å². The van der Waals surface area contributed by atoms with E-state index in [1.54, 1.807) is 12.1 Å². The van der Waals surface area contributed by atoms with Crippen molar-refractivity contribution in [2.45, 2.75) is 32.0 Å². The van der Waals surface area contributed by atoms with Gasteiger partial charge in [-0.15, -0.1) is 0 Å². The van der Waals surface area contributed by atoms with Crippen LogP contribution in [0.5, 0.6) is 0 Å². The number of rotatable bonds is 8. The van der Waals surface area contributed by atoms with Gasteiger partial charge in [0.1, 0.15) is 18.9 Å². The Morgan fingerprint density at radius 1 is 0.711 bits per heavy atom. The highest BCUT2D eigenvalue weighted by Crippen LogP contribution is 2.39. The average molecular weight is 506 g/mol. The van der Waals surface area contributed by atoms with E-state index in [1.165, 1.54) is 0 Å². The summed E-state index contributed by atoms with van der Waals surface area (Å²) >= 11 is 0. The number of carbonyl (C=O) groups excluding carboxylic acids is 2. The molecule has 0 aromatic heterocycles. The van der Waals surface area contributed by atoms with Crippen molar-refractivity contribution in [2.24, 2.45) is 4.99 Å². The standard InChI is InChI=1S/C32H27NO5/c1-23-17-19-27(20-18-23)29-33-28(26-15-9-4-10-16-26)32(38-29,30(34)36-21-24-11-5-2-6-12-24)31(35)37-22-25-13-7-3-8-14-25/h2-20,29H,21-22H2,1H3. The van der Waals surface area contributed by atoms with Gasteiger partial charge < -0.3 is 14.2 Å². The van der Waals surface area contributed by atoms with Crippen molar-refractivity contribution in [3.05, 3.63) is 143 Å².